The number of ether oxygens (including phenoxy) is 1. The molecule has 0 aromatic heterocycles. The predicted molar refractivity (Wildman–Crippen MR) is 70.8 cm³/mol. The Balaban J connectivity index is 2.64. The molecular formula is C12H16FNO3S. The van der Waals surface area contributed by atoms with E-state index in [2.05, 4.69) is 12.6 Å². The number of nitro groups is 1. The molecule has 0 aliphatic rings. The van der Waals surface area contributed by atoms with Crippen molar-refractivity contribution in [1.82, 2.24) is 0 Å². The van der Waals surface area contributed by atoms with Gasteiger partial charge < -0.3 is 4.74 Å². The standard InChI is InChI=1S/C12H16FNO3S/c1-9(6-8-18)5-7-17-12-10(13)3-2-4-11(12)14(15)16/h2-4,9,18H,5-8H2,1H3. The molecule has 1 aromatic carbocycles. The Morgan fingerprint density at radius 3 is 2.83 bits per heavy atom. The van der Waals surface area contributed by atoms with Crippen LogP contribution in [0.5, 0.6) is 5.75 Å². The summed E-state index contributed by atoms with van der Waals surface area (Å²) < 4.78 is 18.6. The molecule has 0 fully saturated rings. The maximum Gasteiger partial charge on any atom is 0.314 e. The van der Waals surface area contributed by atoms with Crippen molar-refractivity contribution in [3.8, 4) is 5.75 Å². The van der Waals surface area contributed by atoms with E-state index in [1.54, 1.807) is 0 Å². The molecule has 1 atom stereocenters. The van der Waals surface area contributed by atoms with Crippen molar-refractivity contribution in [1.29, 1.82) is 0 Å². The van der Waals surface area contributed by atoms with Crippen LogP contribution in [-0.4, -0.2) is 17.3 Å². The first-order valence-electron chi connectivity index (χ1n) is 5.72. The zero-order chi connectivity index (χ0) is 13.5. The molecule has 0 aliphatic heterocycles. The van der Waals surface area contributed by atoms with E-state index in [4.69, 9.17) is 4.74 Å². The molecular weight excluding hydrogens is 257 g/mol. The fourth-order valence-electron chi connectivity index (χ4n) is 1.51. The Bertz CT molecular complexity index is 414. The Kier molecular flexibility index (Phi) is 5.91. The van der Waals surface area contributed by atoms with Crippen molar-refractivity contribution in [2.45, 2.75) is 19.8 Å². The molecule has 0 amide bonds. The maximum atomic E-state index is 13.4. The number of hydrogen-bond acceptors (Lipinski definition) is 4. The average molecular weight is 273 g/mol. The lowest BCUT2D eigenvalue weighted by Gasteiger charge is -2.11. The van der Waals surface area contributed by atoms with Crippen LogP contribution >= 0.6 is 12.6 Å². The van der Waals surface area contributed by atoms with Crippen LogP contribution in [0.4, 0.5) is 10.1 Å². The molecule has 18 heavy (non-hydrogen) atoms. The van der Waals surface area contributed by atoms with Crippen LogP contribution in [0.2, 0.25) is 0 Å². The monoisotopic (exact) mass is 273 g/mol. The van der Waals surface area contributed by atoms with Gasteiger partial charge in [0.2, 0.25) is 5.75 Å². The first kappa shape index (κ1) is 14.8. The van der Waals surface area contributed by atoms with Crippen molar-refractivity contribution < 1.29 is 14.1 Å². The van der Waals surface area contributed by atoms with Crippen molar-refractivity contribution in [2.75, 3.05) is 12.4 Å². The number of nitrogens with zero attached hydrogens (tertiary/aromatic N) is 1. The second-order valence-electron chi connectivity index (χ2n) is 4.10. The molecule has 0 heterocycles. The van der Waals surface area contributed by atoms with Gasteiger partial charge in [-0.15, -0.1) is 0 Å². The van der Waals surface area contributed by atoms with Gasteiger partial charge in [0.1, 0.15) is 0 Å². The highest BCUT2D eigenvalue weighted by Gasteiger charge is 2.19. The van der Waals surface area contributed by atoms with E-state index in [9.17, 15) is 14.5 Å². The number of rotatable bonds is 7. The zero-order valence-corrected chi connectivity index (χ0v) is 11.0. The molecule has 0 N–H and O–H groups in total. The molecule has 0 saturated carbocycles. The number of nitro benzene ring substituents is 1. The smallest absolute Gasteiger partial charge is 0.314 e. The summed E-state index contributed by atoms with van der Waals surface area (Å²) in [7, 11) is 0. The number of halogens is 1. The minimum atomic E-state index is -0.703. The Morgan fingerprint density at radius 1 is 1.50 bits per heavy atom. The van der Waals surface area contributed by atoms with E-state index in [1.807, 2.05) is 6.92 Å². The summed E-state index contributed by atoms with van der Waals surface area (Å²) in [6.45, 7) is 2.30. The fraction of sp³-hybridized carbons (Fsp3) is 0.500. The Labute approximate surface area is 111 Å². The van der Waals surface area contributed by atoms with E-state index < -0.39 is 10.7 Å². The van der Waals surface area contributed by atoms with Gasteiger partial charge in [0.15, 0.2) is 5.82 Å². The van der Waals surface area contributed by atoms with Gasteiger partial charge in [-0.1, -0.05) is 13.0 Å². The van der Waals surface area contributed by atoms with Crippen molar-refractivity contribution in [2.24, 2.45) is 5.92 Å². The lowest BCUT2D eigenvalue weighted by atomic mass is 10.1. The largest absolute Gasteiger partial charge is 0.485 e. The molecule has 1 aromatic rings. The molecule has 6 heteroatoms. The third kappa shape index (κ3) is 4.18. The summed E-state index contributed by atoms with van der Waals surface area (Å²) in [5.74, 6) is 0.195. The average Bonchev–Trinajstić information content (AvgIpc) is 2.31. The molecule has 1 unspecified atom stereocenters. The lowest BCUT2D eigenvalue weighted by molar-refractivity contribution is -0.386. The van der Waals surface area contributed by atoms with E-state index in [-0.39, 0.29) is 18.0 Å². The molecule has 0 saturated heterocycles. The molecule has 0 bridgehead atoms. The van der Waals surface area contributed by atoms with Gasteiger partial charge in [-0.05, 0) is 30.6 Å². The second kappa shape index (κ2) is 7.20. The van der Waals surface area contributed by atoms with E-state index in [0.717, 1.165) is 18.2 Å². The van der Waals surface area contributed by atoms with Crippen LogP contribution in [0.15, 0.2) is 18.2 Å². The summed E-state index contributed by atoms with van der Waals surface area (Å²) in [5, 5.41) is 10.7. The van der Waals surface area contributed by atoms with Crippen molar-refractivity contribution in [3.63, 3.8) is 0 Å². The van der Waals surface area contributed by atoms with Gasteiger partial charge in [0.05, 0.1) is 11.5 Å². The van der Waals surface area contributed by atoms with E-state index in [0.29, 0.717) is 12.3 Å². The van der Waals surface area contributed by atoms with Gasteiger partial charge in [0.25, 0.3) is 0 Å². The first-order valence-corrected chi connectivity index (χ1v) is 6.36. The number of hydrogen-bond donors (Lipinski definition) is 1. The minimum Gasteiger partial charge on any atom is -0.485 e. The molecule has 0 aliphatic carbocycles. The third-order valence-electron chi connectivity index (χ3n) is 2.62. The summed E-state index contributed by atoms with van der Waals surface area (Å²) in [5.41, 5.74) is -0.336. The van der Waals surface area contributed by atoms with Gasteiger partial charge in [-0.2, -0.15) is 12.6 Å². The van der Waals surface area contributed by atoms with Gasteiger partial charge in [-0.25, -0.2) is 4.39 Å². The van der Waals surface area contributed by atoms with Gasteiger partial charge in [-0.3, -0.25) is 10.1 Å². The molecule has 4 nitrogen and oxygen atoms in total. The Hall–Kier alpha value is -1.30. The highest BCUT2D eigenvalue weighted by Crippen LogP contribution is 2.29. The first-order chi connectivity index (χ1) is 8.56. The molecule has 100 valence electrons. The molecule has 0 spiro atoms. The van der Waals surface area contributed by atoms with Crippen LogP contribution in [0.1, 0.15) is 19.8 Å². The predicted octanol–water partition coefficient (Wildman–Crippen LogP) is 3.46. The van der Waals surface area contributed by atoms with Crippen LogP contribution in [-0.2, 0) is 0 Å². The van der Waals surface area contributed by atoms with Crippen LogP contribution < -0.4 is 4.74 Å². The summed E-state index contributed by atoms with van der Waals surface area (Å²) in [6, 6.07) is 3.68. The summed E-state index contributed by atoms with van der Waals surface area (Å²) in [6.07, 6.45) is 1.65. The topological polar surface area (TPSA) is 52.4 Å². The molecule has 0 radical (unpaired) electrons. The highest BCUT2D eigenvalue weighted by molar-refractivity contribution is 7.80. The number of thiol groups is 1. The van der Waals surface area contributed by atoms with Crippen molar-refractivity contribution in [3.05, 3.63) is 34.1 Å². The minimum absolute atomic E-state index is 0.261. The van der Waals surface area contributed by atoms with Gasteiger partial charge in [0, 0.05) is 6.07 Å². The van der Waals surface area contributed by atoms with Crippen molar-refractivity contribution >= 4 is 18.3 Å². The van der Waals surface area contributed by atoms with E-state index >= 15 is 0 Å². The van der Waals surface area contributed by atoms with Crippen LogP contribution in [0, 0.1) is 21.8 Å². The highest BCUT2D eigenvalue weighted by atomic mass is 32.1. The number of benzene rings is 1. The quantitative estimate of drug-likeness (QED) is 0.470. The summed E-state index contributed by atoms with van der Waals surface area (Å²) >= 11 is 4.12. The van der Waals surface area contributed by atoms with Crippen LogP contribution in [0.25, 0.3) is 0 Å². The zero-order valence-electron chi connectivity index (χ0n) is 10.1. The van der Waals surface area contributed by atoms with Crippen LogP contribution in [0.3, 0.4) is 0 Å². The fourth-order valence-corrected chi connectivity index (χ4v) is 1.95. The maximum absolute atomic E-state index is 13.4. The van der Waals surface area contributed by atoms with E-state index in [1.165, 1.54) is 12.1 Å². The number of para-hydroxylation sites is 1. The Morgan fingerprint density at radius 2 is 2.22 bits per heavy atom. The normalized spacial score (nSPS) is 12.2. The second-order valence-corrected chi connectivity index (χ2v) is 4.55. The lowest BCUT2D eigenvalue weighted by Crippen LogP contribution is -2.07. The molecule has 1 rings (SSSR count). The van der Waals surface area contributed by atoms with Gasteiger partial charge >= 0.3 is 5.69 Å². The SMILES string of the molecule is CC(CCS)CCOc1c(F)cccc1[N+](=O)[O-]. The third-order valence-corrected chi connectivity index (χ3v) is 2.88. The summed E-state index contributed by atoms with van der Waals surface area (Å²) in [4.78, 5) is 10.1.